The van der Waals surface area contributed by atoms with Crippen LogP contribution in [0.15, 0.2) is 66.8 Å². The number of aryl methyl sites for hydroxylation is 1. The number of Topliss-reactive ketones (excluding diaryl/α,β-unsaturated/α-hetero) is 1. The predicted molar refractivity (Wildman–Crippen MR) is 126 cm³/mol. The Bertz CT molecular complexity index is 1370. The number of benzene rings is 2. The molecule has 1 fully saturated rings. The zero-order valence-electron chi connectivity index (χ0n) is 19.1. The molecule has 5 rings (SSSR count). The summed E-state index contributed by atoms with van der Waals surface area (Å²) in [7, 11) is 0. The van der Waals surface area contributed by atoms with Crippen LogP contribution >= 0.6 is 0 Å². The Morgan fingerprint density at radius 3 is 2.67 bits per heavy atom. The van der Waals surface area contributed by atoms with Crippen LogP contribution in [0.5, 0.6) is 11.5 Å². The Balaban J connectivity index is 1.56. The Morgan fingerprint density at radius 2 is 1.92 bits per heavy atom. The van der Waals surface area contributed by atoms with Crippen LogP contribution in [0.25, 0.3) is 5.76 Å². The summed E-state index contributed by atoms with van der Waals surface area (Å²) < 4.78 is 12.9. The van der Waals surface area contributed by atoms with Crippen molar-refractivity contribution < 1.29 is 29.1 Å². The SMILES string of the molecule is O=C1C(=O)N(CCCn2ccnc2)C(c2cccc([N+](=O)[O-])c2)/C1=C(\O)c1ccc2c(c1)OCCO2. The van der Waals surface area contributed by atoms with Gasteiger partial charge in [0.05, 0.1) is 22.9 Å². The Morgan fingerprint density at radius 1 is 1.11 bits per heavy atom. The number of hydrogen-bond acceptors (Lipinski definition) is 8. The molecule has 0 saturated carbocycles. The lowest BCUT2D eigenvalue weighted by Gasteiger charge is -2.25. The topological polar surface area (TPSA) is 137 Å². The van der Waals surface area contributed by atoms with Crippen molar-refractivity contribution in [3.8, 4) is 11.5 Å². The van der Waals surface area contributed by atoms with E-state index in [1.54, 1.807) is 43.0 Å². The number of nitro groups is 1. The van der Waals surface area contributed by atoms with E-state index < -0.39 is 22.7 Å². The number of imidazole rings is 1. The third kappa shape index (κ3) is 4.26. The van der Waals surface area contributed by atoms with Crippen molar-refractivity contribution in [1.82, 2.24) is 14.5 Å². The van der Waals surface area contributed by atoms with Gasteiger partial charge in [0.1, 0.15) is 19.0 Å². The minimum atomic E-state index is -0.999. The number of nitro benzene ring substituents is 1. The quantitative estimate of drug-likeness (QED) is 0.175. The van der Waals surface area contributed by atoms with E-state index in [2.05, 4.69) is 4.98 Å². The highest BCUT2D eigenvalue weighted by Gasteiger charge is 2.46. The standard InChI is InChI=1S/C25H22N4O7/c30-23(17-5-6-19-20(14-17)36-12-11-35-19)21-22(16-3-1-4-18(13-16)29(33)34)28(25(32)24(21)31)9-2-8-27-10-7-26-15-27/h1,3-7,10,13-15,22,30H,2,8-9,11-12H2/b23-21+. The van der Waals surface area contributed by atoms with Gasteiger partial charge in [0, 0.05) is 43.2 Å². The summed E-state index contributed by atoms with van der Waals surface area (Å²) in [5, 5.41) is 22.7. The molecule has 1 aromatic heterocycles. The van der Waals surface area contributed by atoms with Crippen LogP contribution in [0.2, 0.25) is 0 Å². The molecule has 3 heterocycles. The fraction of sp³-hybridized carbons (Fsp3) is 0.240. The molecule has 2 aromatic carbocycles. The minimum absolute atomic E-state index is 0.139. The fourth-order valence-electron chi connectivity index (χ4n) is 4.45. The summed E-state index contributed by atoms with van der Waals surface area (Å²) in [6.45, 7) is 1.47. The van der Waals surface area contributed by atoms with E-state index >= 15 is 0 Å². The lowest BCUT2D eigenvalue weighted by Crippen LogP contribution is -2.31. The molecule has 36 heavy (non-hydrogen) atoms. The highest BCUT2D eigenvalue weighted by atomic mass is 16.6. The summed E-state index contributed by atoms with van der Waals surface area (Å²) >= 11 is 0. The maximum atomic E-state index is 13.2. The summed E-state index contributed by atoms with van der Waals surface area (Å²) in [5.74, 6) is -1.11. The van der Waals surface area contributed by atoms with E-state index in [9.17, 15) is 24.8 Å². The third-order valence-electron chi connectivity index (χ3n) is 6.13. The van der Waals surface area contributed by atoms with E-state index in [-0.39, 0.29) is 29.1 Å². The van der Waals surface area contributed by atoms with Gasteiger partial charge in [0.2, 0.25) is 0 Å². The molecule has 0 radical (unpaired) electrons. The number of carbonyl (C=O) groups excluding carboxylic acids is 2. The highest BCUT2D eigenvalue weighted by molar-refractivity contribution is 6.46. The number of ketones is 1. The molecule has 1 unspecified atom stereocenters. The first-order valence-corrected chi connectivity index (χ1v) is 11.3. The van der Waals surface area contributed by atoms with Crippen molar-refractivity contribution >= 4 is 23.1 Å². The average molecular weight is 490 g/mol. The van der Waals surface area contributed by atoms with Crippen LogP contribution in [0.1, 0.15) is 23.6 Å². The van der Waals surface area contributed by atoms with Gasteiger partial charge in [-0.15, -0.1) is 0 Å². The molecule has 0 aliphatic carbocycles. The molecule has 2 aliphatic heterocycles. The van der Waals surface area contributed by atoms with Crippen molar-refractivity contribution in [3.05, 3.63) is 88.0 Å². The van der Waals surface area contributed by atoms with Gasteiger partial charge in [-0.25, -0.2) is 4.98 Å². The molecule has 1 atom stereocenters. The number of ether oxygens (including phenoxy) is 2. The zero-order valence-corrected chi connectivity index (χ0v) is 19.1. The molecule has 184 valence electrons. The number of non-ortho nitro benzene ring substituents is 1. The number of amides is 1. The van der Waals surface area contributed by atoms with Crippen LogP contribution in [0, 0.1) is 10.1 Å². The van der Waals surface area contributed by atoms with E-state index in [0.717, 1.165) is 0 Å². The third-order valence-corrected chi connectivity index (χ3v) is 6.13. The maximum Gasteiger partial charge on any atom is 0.295 e. The fourth-order valence-corrected chi connectivity index (χ4v) is 4.45. The lowest BCUT2D eigenvalue weighted by atomic mass is 9.94. The number of aliphatic hydroxyl groups is 1. The number of rotatable bonds is 7. The summed E-state index contributed by atoms with van der Waals surface area (Å²) in [6.07, 6.45) is 5.57. The van der Waals surface area contributed by atoms with E-state index in [1.807, 2.05) is 4.57 Å². The molecule has 0 bridgehead atoms. The van der Waals surface area contributed by atoms with Crippen LogP contribution in [0.4, 0.5) is 5.69 Å². The smallest absolute Gasteiger partial charge is 0.295 e. The second-order valence-electron chi connectivity index (χ2n) is 8.36. The van der Waals surface area contributed by atoms with Crippen molar-refractivity contribution in [2.45, 2.75) is 19.0 Å². The van der Waals surface area contributed by atoms with Gasteiger partial charge >= 0.3 is 0 Å². The maximum absolute atomic E-state index is 13.2. The van der Waals surface area contributed by atoms with Crippen molar-refractivity contribution in [2.24, 2.45) is 0 Å². The van der Waals surface area contributed by atoms with Gasteiger partial charge in [-0.05, 0) is 30.2 Å². The summed E-state index contributed by atoms with van der Waals surface area (Å²) in [5.41, 5.74) is 0.298. The van der Waals surface area contributed by atoms with Crippen LogP contribution in [0.3, 0.4) is 0 Å². The summed E-state index contributed by atoms with van der Waals surface area (Å²) in [6, 6.07) is 9.47. The number of nitrogens with zero attached hydrogens (tertiary/aromatic N) is 4. The van der Waals surface area contributed by atoms with Crippen molar-refractivity contribution in [2.75, 3.05) is 19.8 Å². The van der Waals surface area contributed by atoms with Gasteiger partial charge in [-0.2, -0.15) is 0 Å². The number of hydrogen-bond donors (Lipinski definition) is 1. The van der Waals surface area contributed by atoms with Crippen LogP contribution in [-0.2, 0) is 16.1 Å². The van der Waals surface area contributed by atoms with Gasteiger partial charge in [-0.1, -0.05) is 12.1 Å². The first-order chi connectivity index (χ1) is 17.4. The molecule has 3 aromatic rings. The molecule has 0 spiro atoms. The van der Waals surface area contributed by atoms with E-state index in [1.165, 1.54) is 23.1 Å². The Labute approximate surface area is 205 Å². The predicted octanol–water partition coefficient (Wildman–Crippen LogP) is 3.07. The Kier molecular flexibility index (Phi) is 6.11. The zero-order chi connectivity index (χ0) is 25.2. The number of likely N-dealkylation sites (tertiary alicyclic amines) is 1. The van der Waals surface area contributed by atoms with Crippen LogP contribution in [-0.4, -0.2) is 55.9 Å². The number of fused-ring (bicyclic) bond motifs is 1. The molecule has 11 heteroatoms. The normalized spacial score (nSPS) is 18.4. The highest BCUT2D eigenvalue weighted by Crippen LogP contribution is 2.41. The molecule has 1 saturated heterocycles. The molecular formula is C25H22N4O7. The molecule has 1 N–H and O–H groups in total. The molecule has 1 amide bonds. The van der Waals surface area contributed by atoms with Gasteiger partial charge in [0.15, 0.2) is 11.5 Å². The molecular weight excluding hydrogens is 468 g/mol. The van der Waals surface area contributed by atoms with Crippen molar-refractivity contribution in [1.29, 1.82) is 0 Å². The Hall–Kier alpha value is -4.67. The summed E-state index contributed by atoms with van der Waals surface area (Å²) in [4.78, 5) is 42.5. The molecule has 2 aliphatic rings. The van der Waals surface area contributed by atoms with Gasteiger partial charge in [0.25, 0.3) is 17.4 Å². The number of aromatic nitrogens is 2. The minimum Gasteiger partial charge on any atom is -0.507 e. The second-order valence-corrected chi connectivity index (χ2v) is 8.36. The lowest BCUT2D eigenvalue weighted by molar-refractivity contribution is -0.384. The average Bonchev–Trinajstić information content (AvgIpc) is 3.50. The monoisotopic (exact) mass is 490 g/mol. The van der Waals surface area contributed by atoms with Gasteiger partial charge in [-0.3, -0.25) is 19.7 Å². The number of carbonyl (C=O) groups is 2. The first-order valence-electron chi connectivity index (χ1n) is 11.3. The second kappa shape index (κ2) is 9.53. The van der Waals surface area contributed by atoms with E-state index in [4.69, 9.17) is 9.47 Å². The van der Waals surface area contributed by atoms with Gasteiger partial charge < -0.3 is 24.0 Å². The molecule has 11 nitrogen and oxygen atoms in total. The first kappa shape index (κ1) is 23.1. The van der Waals surface area contributed by atoms with Crippen molar-refractivity contribution in [3.63, 3.8) is 0 Å². The number of aliphatic hydroxyl groups excluding tert-OH is 1. The largest absolute Gasteiger partial charge is 0.507 e. The van der Waals surface area contributed by atoms with E-state index in [0.29, 0.717) is 43.2 Å². The van der Waals surface area contributed by atoms with Crippen LogP contribution < -0.4 is 9.47 Å².